The van der Waals surface area contributed by atoms with Crippen LogP contribution in [0.5, 0.6) is 0 Å². The molecule has 126 valence electrons. The minimum Gasteiger partial charge on any atom is -0.464 e. The molecule has 4 rings (SSSR count). The first kappa shape index (κ1) is 15.5. The number of hydrogen-bond donors (Lipinski definition) is 0. The average molecular weight is 332 g/mol. The smallest absolute Gasteiger partial charge is 0.253 e. The zero-order valence-corrected chi connectivity index (χ0v) is 14.0. The second-order valence-corrected chi connectivity index (χ2v) is 6.17. The van der Waals surface area contributed by atoms with Gasteiger partial charge in [-0.3, -0.25) is 4.79 Å². The van der Waals surface area contributed by atoms with Crippen molar-refractivity contribution in [3.8, 4) is 11.3 Å². The molecule has 0 bridgehead atoms. The molecule has 0 spiro atoms. The fourth-order valence-electron chi connectivity index (χ4n) is 3.21. The van der Waals surface area contributed by atoms with Crippen molar-refractivity contribution in [2.24, 2.45) is 0 Å². The van der Waals surface area contributed by atoms with E-state index >= 15 is 0 Å². The lowest BCUT2D eigenvalue weighted by Crippen LogP contribution is -2.48. The van der Waals surface area contributed by atoms with Crippen LogP contribution >= 0.6 is 0 Å². The molecule has 1 amide bonds. The highest BCUT2D eigenvalue weighted by atomic mass is 16.3. The molecule has 4 nitrogen and oxygen atoms in total. The first-order valence-electron chi connectivity index (χ1n) is 8.54. The van der Waals surface area contributed by atoms with E-state index in [1.807, 2.05) is 59.5 Å². The van der Waals surface area contributed by atoms with Gasteiger partial charge >= 0.3 is 0 Å². The molecule has 25 heavy (non-hydrogen) atoms. The number of piperazine rings is 1. The van der Waals surface area contributed by atoms with Crippen LogP contribution in [0.25, 0.3) is 11.3 Å². The molecule has 0 atom stereocenters. The zero-order chi connectivity index (χ0) is 17.1. The van der Waals surface area contributed by atoms with Crippen molar-refractivity contribution in [1.82, 2.24) is 4.90 Å². The van der Waals surface area contributed by atoms with Gasteiger partial charge in [-0.1, -0.05) is 30.3 Å². The number of rotatable bonds is 3. The molecule has 1 aliphatic rings. The van der Waals surface area contributed by atoms with Crippen molar-refractivity contribution >= 4 is 11.6 Å². The highest BCUT2D eigenvalue weighted by molar-refractivity contribution is 5.94. The predicted molar refractivity (Wildman–Crippen MR) is 98.7 cm³/mol. The lowest BCUT2D eigenvalue weighted by molar-refractivity contribution is 0.0747. The van der Waals surface area contributed by atoms with E-state index in [2.05, 4.69) is 17.0 Å². The third-order valence-electron chi connectivity index (χ3n) is 4.63. The van der Waals surface area contributed by atoms with Crippen molar-refractivity contribution < 1.29 is 9.21 Å². The third-order valence-corrected chi connectivity index (χ3v) is 4.63. The van der Waals surface area contributed by atoms with Gasteiger partial charge in [0, 0.05) is 43.0 Å². The van der Waals surface area contributed by atoms with E-state index in [9.17, 15) is 4.79 Å². The van der Waals surface area contributed by atoms with Gasteiger partial charge in [-0.25, -0.2) is 0 Å². The van der Waals surface area contributed by atoms with Crippen molar-refractivity contribution in [2.75, 3.05) is 31.1 Å². The van der Waals surface area contributed by atoms with E-state index in [1.54, 1.807) is 6.26 Å². The number of nitrogens with zero attached hydrogens (tertiary/aromatic N) is 2. The van der Waals surface area contributed by atoms with E-state index < -0.39 is 0 Å². The molecular formula is C21H20N2O2. The van der Waals surface area contributed by atoms with Crippen LogP contribution < -0.4 is 4.90 Å². The standard InChI is InChI=1S/C21H20N2O2/c24-21(18-10-8-17(9-11-18)20-7-4-16-25-20)23-14-12-22(13-15-23)19-5-2-1-3-6-19/h1-11,16H,12-15H2. The van der Waals surface area contributed by atoms with Crippen LogP contribution in [-0.4, -0.2) is 37.0 Å². The summed E-state index contributed by atoms with van der Waals surface area (Å²) in [5.41, 5.74) is 2.93. The topological polar surface area (TPSA) is 36.7 Å². The van der Waals surface area contributed by atoms with Gasteiger partial charge in [-0.2, -0.15) is 0 Å². The molecule has 0 unspecified atom stereocenters. The first-order valence-corrected chi connectivity index (χ1v) is 8.54. The number of carbonyl (C=O) groups excluding carboxylic acids is 1. The molecule has 1 saturated heterocycles. The fourth-order valence-corrected chi connectivity index (χ4v) is 3.21. The number of anilines is 1. The summed E-state index contributed by atoms with van der Waals surface area (Å²) in [5.74, 6) is 0.911. The summed E-state index contributed by atoms with van der Waals surface area (Å²) in [7, 11) is 0. The van der Waals surface area contributed by atoms with E-state index in [4.69, 9.17) is 4.42 Å². The molecule has 3 aromatic rings. The summed E-state index contributed by atoms with van der Waals surface area (Å²) >= 11 is 0. The Kier molecular flexibility index (Phi) is 4.25. The number of hydrogen-bond acceptors (Lipinski definition) is 3. The van der Waals surface area contributed by atoms with Crippen LogP contribution in [0.2, 0.25) is 0 Å². The maximum atomic E-state index is 12.7. The molecule has 2 heterocycles. The van der Waals surface area contributed by atoms with E-state index in [1.165, 1.54) is 5.69 Å². The van der Waals surface area contributed by atoms with Crippen LogP contribution in [0.15, 0.2) is 77.4 Å². The van der Waals surface area contributed by atoms with Crippen LogP contribution in [0.4, 0.5) is 5.69 Å². The number of benzene rings is 2. The van der Waals surface area contributed by atoms with Gasteiger partial charge in [0.1, 0.15) is 5.76 Å². The van der Waals surface area contributed by atoms with Crippen LogP contribution in [0.3, 0.4) is 0 Å². The molecule has 0 saturated carbocycles. The Balaban J connectivity index is 1.40. The lowest BCUT2D eigenvalue weighted by Gasteiger charge is -2.36. The van der Waals surface area contributed by atoms with Crippen molar-refractivity contribution in [3.63, 3.8) is 0 Å². The van der Waals surface area contributed by atoms with Gasteiger partial charge < -0.3 is 14.2 Å². The Morgan fingerprint density at radius 2 is 1.52 bits per heavy atom. The average Bonchev–Trinajstić information content (AvgIpc) is 3.23. The van der Waals surface area contributed by atoms with E-state index in [-0.39, 0.29) is 5.91 Å². The molecule has 1 aromatic heterocycles. The number of carbonyl (C=O) groups is 1. The normalized spacial score (nSPS) is 14.6. The van der Waals surface area contributed by atoms with Crippen LogP contribution in [0, 0.1) is 0 Å². The minimum atomic E-state index is 0.0960. The summed E-state index contributed by atoms with van der Waals surface area (Å²) in [6.45, 7) is 3.21. The first-order chi connectivity index (χ1) is 12.3. The number of furan rings is 1. The summed E-state index contributed by atoms with van der Waals surface area (Å²) < 4.78 is 5.39. The number of para-hydroxylation sites is 1. The monoisotopic (exact) mass is 332 g/mol. The highest BCUT2D eigenvalue weighted by Gasteiger charge is 2.22. The summed E-state index contributed by atoms with van der Waals surface area (Å²) in [6.07, 6.45) is 1.65. The Morgan fingerprint density at radius 1 is 0.800 bits per heavy atom. The van der Waals surface area contributed by atoms with Gasteiger partial charge in [0.2, 0.25) is 0 Å². The third kappa shape index (κ3) is 3.29. The van der Waals surface area contributed by atoms with Crippen molar-refractivity contribution in [2.45, 2.75) is 0 Å². The molecular weight excluding hydrogens is 312 g/mol. The van der Waals surface area contributed by atoms with Gasteiger partial charge in [0.25, 0.3) is 5.91 Å². The predicted octanol–water partition coefficient (Wildman–Crippen LogP) is 3.91. The largest absolute Gasteiger partial charge is 0.464 e. The minimum absolute atomic E-state index is 0.0960. The lowest BCUT2D eigenvalue weighted by atomic mass is 10.1. The van der Waals surface area contributed by atoms with Gasteiger partial charge in [-0.15, -0.1) is 0 Å². The molecule has 0 radical (unpaired) electrons. The SMILES string of the molecule is O=C(c1ccc(-c2ccco2)cc1)N1CCN(c2ccccc2)CC1. The van der Waals surface area contributed by atoms with Gasteiger partial charge in [-0.05, 0) is 36.4 Å². The zero-order valence-electron chi connectivity index (χ0n) is 14.0. The van der Waals surface area contributed by atoms with Crippen molar-refractivity contribution in [1.29, 1.82) is 0 Å². The Morgan fingerprint density at radius 3 is 2.16 bits per heavy atom. The van der Waals surface area contributed by atoms with Gasteiger partial charge in [0.15, 0.2) is 0 Å². The summed E-state index contributed by atoms with van der Waals surface area (Å²) in [6, 6.07) is 21.8. The van der Waals surface area contributed by atoms with E-state index in [0.29, 0.717) is 0 Å². The van der Waals surface area contributed by atoms with Crippen molar-refractivity contribution in [3.05, 3.63) is 78.6 Å². The molecule has 1 aliphatic heterocycles. The molecule has 4 heteroatoms. The van der Waals surface area contributed by atoms with Gasteiger partial charge in [0.05, 0.1) is 6.26 Å². The molecule has 0 aliphatic carbocycles. The number of amides is 1. The highest BCUT2D eigenvalue weighted by Crippen LogP contribution is 2.21. The Hall–Kier alpha value is -3.01. The molecule has 1 fully saturated rings. The molecule has 0 N–H and O–H groups in total. The molecule has 2 aromatic carbocycles. The quantitative estimate of drug-likeness (QED) is 0.730. The Labute approximate surface area is 147 Å². The Bertz CT molecular complexity index is 818. The second kappa shape index (κ2) is 6.85. The summed E-state index contributed by atoms with van der Waals surface area (Å²) in [5, 5.41) is 0. The maximum absolute atomic E-state index is 12.7. The van der Waals surface area contributed by atoms with E-state index in [0.717, 1.165) is 43.1 Å². The van der Waals surface area contributed by atoms with Crippen LogP contribution in [-0.2, 0) is 0 Å². The summed E-state index contributed by atoms with van der Waals surface area (Å²) in [4.78, 5) is 17.0. The maximum Gasteiger partial charge on any atom is 0.253 e. The second-order valence-electron chi connectivity index (χ2n) is 6.17. The van der Waals surface area contributed by atoms with Crippen LogP contribution in [0.1, 0.15) is 10.4 Å². The fraction of sp³-hybridized carbons (Fsp3) is 0.190.